The highest BCUT2D eigenvalue weighted by atomic mass is 32.2. The molecule has 0 saturated carbocycles. The standard InChI is InChI=1S/C12H17N5O3S/c1-8(12-15-14-7-17(12)2)16-21(18,19)11-5-4-9(20-3)6-10(11)13/h4-8,16H,13H2,1-3H3. The minimum Gasteiger partial charge on any atom is -0.497 e. The third-order valence-electron chi connectivity index (χ3n) is 2.97. The molecule has 1 atom stereocenters. The lowest BCUT2D eigenvalue weighted by Gasteiger charge is -2.15. The predicted molar refractivity (Wildman–Crippen MR) is 77.1 cm³/mol. The molecule has 0 aliphatic rings. The number of nitrogens with two attached hydrogens (primary N) is 1. The van der Waals surface area contributed by atoms with Crippen LogP contribution in [0.5, 0.6) is 5.75 Å². The van der Waals surface area contributed by atoms with Crippen LogP contribution in [0.3, 0.4) is 0 Å². The number of rotatable bonds is 5. The molecule has 0 aliphatic carbocycles. The Morgan fingerprint density at radius 1 is 1.43 bits per heavy atom. The normalized spacial score (nSPS) is 13.1. The van der Waals surface area contributed by atoms with Gasteiger partial charge < -0.3 is 15.0 Å². The van der Waals surface area contributed by atoms with E-state index in [1.807, 2.05) is 0 Å². The van der Waals surface area contributed by atoms with E-state index in [0.717, 1.165) is 0 Å². The summed E-state index contributed by atoms with van der Waals surface area (Å²) >= 11 is 0. The fourth-order valence-corrected chi connectivity index (χ4v) is 3.25. The van der Waals surface area contributed by atoms with Crippen molar-refractivity contribution in [3.05, 3.63) is 30.4 Å². The molecule has 0 fully saturated rings. The zero-order valence-corrected chi connectivity index (χ0v) is 12.8. The molecular weight excluding hydrogens is 294 g/mol. The van der Waals surface area contributed by atoms with Gasteiger partial charge >= 0.3 is 0 Å². The van der Waals surface area contributed by atoms with Gasteiger partial charge in [0.25, 0.3) is 0 Å². The maximum atomic E-state index is 12.4. The SMILES string of the molecule is COc1ccc(S(=O)(=O)NC(C)c2nncn2C)c(N)c1. The van der Waals surface area contributed by atoms with Gasteiger partial charge in [0.05, 0.1) is 18.8 Å². The van der Waals surface area contributed by atoms with Crippen molar-refractivity contribution in [1.82, 2.24) is 19.5 Å². The number of hydrogen-bond acceptors (Lipinski definition) is 6. The minimum atomic E-state index is -3.77. The average molecular weight is 311 g/mol. The Kier molecular flexibility index (Phi) is 4.14. The topological polar surface area (TPSA) is 112 Å². The molecule has 0 aliphatic heterocycles. The third-order valence-corrected chi connectivity index (χ3v) is 4.59. The molecule has 1 heterocycles. The zero-order valence-electron chi connectivity index (χ0n) is 11.9. The summed E-state index contributed by atoms with van der Waals surface area (Å²) in [5.74, 6) is 0.999. The molecular formula is C12H17N5O3S. The highest BCUT2D eigenvalue weighted by Gasteiger charge is 2.23. The summed E-state index contributed by atoms with van der Waals surface area (Å²) in [4.78, 5) is -0.00248. The number of methoxy groups -OCH3 is 1. The summed E-state index contributed by atoms with van der Waals surface area (Å²) in [5.41, 5.74) is 5.89. The van der Waals surface area contributed by atoms with Crippen molar-refractivity contribution in [1.29, 1.82) is 0 Å². The lowest BCUT2D eigenvalue weighted by atomic mass is 10.3. The first-order valence-electron chi connectivity index (χ1n) is 6.15. The molecule has 9 heteroatoms. The first kappa shape index (κ1) is 15.3. The number of nitrogens with zero attached hydrogens (tertiary/aromatic N) is 3. The molecule has 1 unspecified atom stereocenters. The van der Waals surface area contributed by atoms with Gasteiger partial charge in [-0.15, -0.1) is 10.2 Å². The average Bonchev–Trinajstić information content (AvgIpc) is 2.84. The number of hydrogen-bond donors (Lipinski definition) is 2. The molecule has 21 heavy (non-hydrogen) atoms. The highest BCUT2D eigenvalue weighted by molar-refractivity contribution is 7.89. The molecule has 114 valence electrons. The first-order chi connectivity index (χ1) is 9.85. The van der Waals surface area contributed by atoms with E-state index >= 15 is 0 Å². The molecule has 2 aromatic rings. The Labute approximate surface area is 123 Å². The number of aryl methyl sites for hydroxylation is 1. The van der Waals surface area contributed by atoms with Crippen molar-refractivity contribution < 1.29 is 13.2 Å². The van der Waals surface area contributed by atoms with Crippen LogP contribution < -0.4 is 15.2 Å². The van der Waals surface area contributed by atoms with Crippen molar-refractivity contribution in [3.63, 3.8) is 0 Å². The molecule has 1 aromatic carbocycles. The van der Waals surface area contributed by atoms with Crippen LogP contribution in [0, 0.1) is 0 Å². The lowest BCUT2D eigenvalue weighted by molar-refractivity contribution is 0.414. The molecule has 0 radical (unpaired) electrons. The van der Waals surface area contributed by atoms with Gasteiger partial charge in [-0.2, -0.15) is 0 Å². The van der Waals surface area contributed by atoms with Crippen LogP contribution in [0.1, 0.15) is 18.8 Å². The summed E-state index contributed by atoms with van der Waals surface area (Å²) in [5, 5.41) is 7.60. The van der Waals surface area contributed by atoms with Gasteiger partial charge in [0, 0.05) is 13.1 Å². The molecule has 0 spiro atoms. The monoisotopic (exact) mass is 311 g/mol. The zero-order chi connectivity index (χ0) is 15.6. The summed E-state index contributed by atoms with van der Waals surface area (Å²) < 4.78 is 33.9. The number of benzene rings is 1. The number of anilines is 1. The van der Waals surface area contributed by atoms with Crippen LogP contribution in [0.25, 0.3) is 0 Å². The summed E-state index contributed by atoms with van der Waals surface area (Å²) in [6, 6.07) is 3.86. The molecule has 0 amide bonds. The second-order valence-electron chi connectivity index (χ2n) is 4.55. The summed E-state index contributed by atoms with van der Waals surface area (Å²) in [6.07, 6.45) is 1.50. The van der Waals surface area contributed by atoms with Crippen molar-refractivity contribution >= 4 is 15.7 Å². The van der Waals surface area contributed by atoms with E-state index in [1.165, 1.54) is 31.6 Å². The van der Waals surface area contributed by atoms with E-state index in [4.69, 9.17) is 10.5 Å². The number of sulfonamides is 1. The Balaban J connectivity index is 2.28. The molecule has 0 bridgehead atoms. The van der Waals surface area contributed by atoms with Crippen LogP contribution in [0.15, 0.2) is 29.4 Å². The van der Waals surface area contributed by atoms with Crippen molar-refractivity contribution in [2.24, 2.45) is 7.05 Å². The molecule has 2 rings (SSSR count). The molecule has 8 nitrogen and oxygen atoms in total. The van der Waals surface area contributed by atoms with Gasteiger partial charge in [-0.1, -0.05) is 0 Å². The van der Waals surface area contributed by atoms with Crippen molar-refractivity contribution in [2.75, 3.05) is 12.8 Å². The quantitative estimate of drug-likeness (QED) is 0.775. The predicted octanol–water partition coefficient (Wildman–Crippen LogP) is 0.445. The van der Waals surface area contributed by atoms with Gasteiger partial charge in [0.15, 0.2) is 0 Å². The number of aromatic nitrogens is 3. The fraction of sp³-hybridized carbons (Fsp3) is 0.333. The number of nitrogens with one attached hydrogen (secondary N) is 1. The van der Waals surface area contributed by atoms with E-state index in [0.29, 0.717) is 11.6 Å². The second kappa shape index (κ2) is 5.70. The van der Waals surface area contributed by atoms with E-state index in [1.54, 1.807) is 18.5 Å². The maximum Gasteiger partial charge on any atom is 0.243 e. The van der Waals surface area contributed by atoms with Gasteiger partial charge in [-0.3, -0.25) is 0 Å². The smallest absolute Gasteiger partial charge is 0.243 e. The Hall–Kier alpha value is -2.13. The Morgan fingerprint density at radius 2 is 2.14 bits per heavy atom. The van der Waals surface area contributed by atoms with Gasteiger partial charge in [0.1, 0.15) is 22.8 Å². The number of nitrogen functional groups attached to an aromatic ring is 1. The van der Waals surface area contributed by atoms with Crippen LogP contribution in [-0.2, 0) is 17.1 Å². The van der Waals surface area contributed by atoms with E-state index in [2.05, 4.69) is 14.9 Å². The van der Waals surface area contributed by atoms with Crippen LogP contribution >= 0.6 is 0 Å². The third kappa shape index (κ3) is 3.14. The minimum absolute atomic E-state index is 0.00248. The van der Waals surface area contributed by atoms with Crippen molar-refractivity contribution in [2.45, 2.75) is 17.9 Å². The van der Waals surface area contributed by atoms with E-state index in [-0.39, 0.29) is 10.6 Å². The highest BCUT2D eigenvalue weighted by Crippen LogP contribution is 2.24. The van der Waals surface area contributed by atoms with E-state index in [9.17, 15) is 8.42 Å². The largest absolute Gasteiger partial charge is 0.497 e. The summed E-state index contributed by atoms with van der Waals surface area (Å²) in [7, 11) is -0.548. The Morgan fingerprint density at radius 3 is 2.67 bits per heavy atom. The van der Waals surface area contributed by atoms with Gasteiger partial charge in [0.2, 0.25) is 10.0 Å². The van der Waals surface area contributed by atoms with Crippen molar-refractivity contribution in [3.8, 4) is 5.75 Å². The lowest BCUT2D eigenvalue weighted by Crippen LogP contribution is -2.29. The van der Waals surface area contributed by atoms with Crippen LogP contribution in [-0.4, -0.2) is 30.3 Å². The molecule has 3 N–H and O–H groups in total. The maximum absolute atomic E-state index is 12.4. The van der Waals surface area contributed by atoms with Crippen LogP contribution in [0.4, 0.5) is 5.69 Å². The van der Waals surface area contributed by atoms with Gasteiger partial charge in [-0.05, 0) is 19.1 Å². The second-order valence-corrected chi connectivity index (χ2v) is 6.23. The molecule has 1 aromatic heterocycles. The molecule has 0 saturated heterocycles. The Bertz CT molecular complexity index is 741. The fourth-order valence-electron chi connectivity index (χ4n) is 1.93. The van der Waals surface area contributed by atoms with Gasteiger partial charge in [-0.25, -0.2) is 13.1 Å². The van der Waals surface area contributed by atoms with Crippen LogP contribution in [0.2, 0.25) is 0 Å². The summed E-state index contributed by atoms with van der Waals surface area (Å²) in [6.45, 7) is 1.68. The number of ether oxygens (including phenoxy) is 1. The first-order valence-corrected chi connectivity index (χ1v) is 7.63. The van der Waals surface area contributed by atoms with E-state index < -0.39 is 16.1 Å².